The van der Waals surface area contributed by atoms with E-state index in [0.717, 1.165) is 16.9 Å². The molecule has 0 aliphatic rings. The molecular weight excluding hydrogens is 214 g/mol. The summed E-state index contributed by atoms with van der Waals surface area (Å²) in [7, 11) is 0. The Hall–Kier alpha value is -1.86. The van der Waals surface area contributed by atoms with Crippen molar-refractivity contribution in [1.82, 2.24) is 9.55 Å². The van der Waals surface area contributed by atoms with Gasteiger partial charge in [0.15, 0.2) is 0 Å². The lowest BCUT2D eigenvalue weighted by atomic mass is 10.2. The molecule has 0 saturated carbocycles. The first-order valence-corrected chi connectivity index (χ1v) is 5.68. The second kappa shape index (κ2) is 4.98. The molecule has 0 spiro atoms. The van der Waals surface area contributed by atoms with Crippen molar-refractivity contribution in [3.8, 4) is 6.07 Å². The largest absolute Gasteiger partial charge is 0.396 e. The molecule has 0 saturated heterocycles. The first-order chi connectivity index (χ1) is 8.26. The smallest absolute Gasteiger partial charge is 0.124 e. The van der Waals surface area contributed by atoms with Gasteiger partial charge < -0.3 is 9.67 Å². The van der Waals surface area contributed by atoms with Crippen molar-refractivity contribution >= 4 is 11.0 Å². The summed E-state index contributed by atoms with van der Waals surface area (Å²) in [6.07, 6.45) is 0.298. The van der Waals surface area contributed by atoms with E-state index in [1.54, 1.807) is 0 Å². The number of imidazole rings is 1. The van der Waals surface area contributed by atoms with E-state index in [-0.39, 0.29) is 12.5 Å². The summed E-state index contributed by atoms with van der Waals surface area (Å²) >= 11 is 0. The Morgan fingerprint density at radius 2 is 2.24 bits per heavy atom. The molecule has 0 fully saturated rings. The van der Waals surface area contributed by atoms with E-state index < -0.39 is 0 Å². The number of aromatic nitrogens is 2. The van der Waals surface area contributed by atoms with Gasteiger partial charge in [-0.3, -0.25) is 0 Å². The van der Waals surface area contributed by atoms with Gasteiger partial charge in [0.05, 0.1) is 23.5 Å². The van der Waals surface area contributed by atoms with E-state index >= 15 is 0 Å². The van der Waals surface area contributed by atoms with Crippen LogP contribution in [0.2, 0.25) is 0 Å². The zero-order valence-electron chi connectivity index (χ0n) is 9.80. The molecule has 1 aromatic heterocycles. The summed E-state index contributed by atoms with van der Waals surface area (Å²) in [6.45, 7) is 2.80. The molecular formula is C13H15N3O. The first-order valence-electron chi connectivity index (χ1n) is 5.68. The molecule has 0 aliphatic heterocycles. The van der Waals surface area contributed by atoms with Gasteiger partial charge >= 0.3 is 0 Å². The van der Waals surface area contributed by atoms with E-state index in [4.69, 9.17) is 10.4 Å². The number of hydrogen-bond donors (Lipinski definition) is 1. The highest BCUT2D eigenvalue weighted by Crippen LogP contribution is 2.18. The van der Waals surface area contributed by atoms with Gasteiger partial charge in [-0.05, 0) is 18.1 Å². The SMILES string of the molecule is CC(CO)Cn1c(CC#N)nc2ccccc21. The Bertz CT molecular complexity index is 553. The third-order valence-electron chi connectivity index (χ3n) is 2.78. The number of rotatable bonds is 4. The van der Waals surface area contributed by atoms with Crippen molar-refractivity contribution in [3.63, 3.8) is 0 Å². The fourth-order valence-corrected chi connectivity index (χ4v) is 1.90. The Kier molecular flexibility index (Phi) is 3.40. The molecule has 4 nitrogen and oxygen atoms in total. The Morgan fingerprint density at radius 1 is 1.47 bits per heavy atom. The van der Waals surface area contributed by atoms with Gasteiger partial charge in [0, 0.05) is 13.2 Å². The topological polar surface area (TPSA) is 61.8 Å². The lowest BCUT2D eigenvalue weighted by Gasteiger charge is -2.12. The van der Waals surface area contributed by atoms with Crippen LogP contribution in [0.1, 0.15) is 12.7 Å². The molecule has 0 amide bonds. The molecule has 0 aliphatic carbocycles. The number of nitrogens with zero attached hydrogens (tertiary/aromatic N) is 3. The van der Waals surface area contributed by atoms with Crippen LogP contribution >= 0.6 is 0 Å². The molecule has 1 heterocycles. The van der Waals surface area contributed by atoms with Crippen LogP contribution < -0.4 is 0 Å². The highest BCUT2D eigenvalue weighted by molar-refractivity contribution is 5.75. The molecule has 4 heteroatoms. The molecule has 2 aromatic rings. The van der Waals surface area contributed by atoms with Crippen LogP contribution in [0.15, 0.2) is 24.3 Å². The lowest BCUT2D eigenvalue weighted by molar-refractivity contribution is 0.223. The van der Waals surface area contributed by atoms with Crippen molar-refractivity contribution in [3.05, 3.63) is 30.1 Å². The van der Waals surface area contributed by atoms with E-state index in [1.165, 1.54) is 0 Å². The summed E-state index contributed by atoms with van der Waals surface area (Å²) in [5.74, 6) is 0.930. The monoisotopic (exact) mass is 229 g/mol. The molecule has 2 rings (SSSR count). The average Bonchev–Trinajstić information content (AvgIpc) is 2.68. The van der Waals surface area contributed by atoms with Gasteiger partial charge in [-0.15, -0.1) is 0 Å². The first kappa shape index (κ1) is 11.6. The summed E-state index contributed by atoms with van der Waals surface area (Å²) < 4.78 is 2.03. The van der Waals surface area contributed by atoms with Gasteiger partial charge in [-0.1, -0.05) is 19.1 Å². The number of aliphatic hydroxyl groups excluding tert-OH is 1. The van der Waals surface area contributed by atoms with E-state index in [0.29, 0.717) is 13.0 Å². The minimum Gasteiger partial charge on any atom is -0.396 e. The summed E-state index contributed by atoms with van der Waals surface area (Å²) in [5.41, 5.74) is 1.93. The number of aliphatic hydroxyl groups is 1. The van der Waals surface area contributed by atoms with E-state index in [9.17, 15) is 0 Å². The van der Waals surface area contributed by atoms with Crippen LogP contribution in [0.5, 0.6) is 0 Å². The molecule has 0 bridgehead atoms. The quantitative estimate of drug-likeness (QED) is 0.868. The third kappa shape index (κ3) is 2.29. The summed E-state index contributed by atoms with van der Waals surface area (Å²) in [4.78, 5) is 4.45. The minimum atomic E-state index is 0.137. The van der Waals surface area contributed by atoms with Crippen LogP contribution in [0.25, 0.3) is 11.0 Å². The number of benzene rings is 1. The van der Waals surface area contributed by atoms with Crippen LogP contribution in [0.4, 0.5) is 0 Å². The highest BCUT2D eigenvalue weighted by Gasteiger charge is 2.12. The van der Waals surface area contributed by atoms with Gasteiger partial charge in [0.25, 0.3) is 0 Å². The van der Waals surface area contributed by atoms with Gasteiger partial charge in [0.1, 0.15) is 5.82 Å². The molecule has 1 aromatic carbocycles. The number of para-hydroxylation sites is 2. The highest BCUT2D eigenvalue weighted by atomic mass is 16.3. The van der Waals surface area contributed by atoms with Gasteiger partial charge in [0.2, 0.25) is 0 Å². The van der Waals surface area contributed by atoms with Gasteiger partial charge in [-0.2, -0.15) is 5.26 Å². The molecule has 1 unspecified atom stereocenters. The Labute approximate surface area is 100 Å². The zero-order chi connectivity index (χ0) is 12.3. The van der Waals surface area contributed by atoms with Gasteiger partial charge in [-0.25, -0.2) is 4.98 Å². The standard InChI is InChI=1S/C13H15N3O/c1-10(9-17)8-16-12-5-3-2-4-11(12)15-13(16)6-7-14/h2-5,10,17H,6,8-9H2,1H3. The molecule has 1 N–H and O–H groups in total. The maximum Gasteiger partial charge on any atom is 0.124 e. The number of nitriles is 1. The van der Waals surface area contributed by atoms with E-state index in [2.05, 4.69) is 11.1 Å². The maximum atomic E-state index is 9.13. The second-order valence-electron chi connectivity index (χ2n) is 4.25. The molecule has 17 heavy (non-hydrogen) atoms. The molecule has 1 atom stereocenters. The van der Waals surface area contributed by atoms with Crippen LogP contribution in [-0.4, -0.2) is 21.3 Å². The summed E-state index contributed by atoms with van der Waals surface area (Å²) in [5, 5.41) is 17.9. The zero-order valence-corrected chi connectivity index (χ0v) is 9.80. The van der Waals surface area contributed by atoms with Crippen molar-refractivity contribution in [1.29, 1.82) is 5.26 Å². The molecule has 0 radical (unpaired) electrons. The van der Waals surface area contributed by atoms with Crippen molar-refractivity contribution in [2.24, 2.45) is 5.92 Å². The fourth-order valence-electron chi connectivity index (χ4n) is 1.90. The Morgan fingerprint density at radius 3 is 2.94 bits per heavy atom. The van der Waals surface area contributed by atoms with Crippen LogP contribution in [0, 0.1) is 17.2 Å². The van der Waals surface area contributed by atoms with Crippen LogP contribution in [-0.2, 0) is 13.0 Å². The summed E-state index contributed by atoms with van der Waals surface area (Å²) in [6, 6.07) is 9.96. The van der Waals surface area contributed by atoms with Crippen molar-refractivity contribution in [2.45, 2.75) is 19.9 Å². The number of fused-ring (bicyclic) bond motifs is 1. The lowest BCUT2D eigenvalue weighted by Crippen LogP contribution is -2.13. The number of hydrogen-bond acceptors (Lipinski definition) is 3. The van der Waals surface area contributed by atoms with Crippen molar-refractivity contribution < 1.29 is 5.11 Å². The van der Waals surface area contributed by atoms with E-state index in [1.807, 2.05) is 35.8 Å². The van der Waals surface area contributed by atoms with Crippen molar-refractivity contribution in [2.75, 3.05) is 6.61 Å². The minimum absolute atomic E-state index is 0.137. The maximum absolute atomic E-state index is 9.13. The fraction of sp³-hybridized carbons (Fsp3) is 0.385. The average molecular weight is 229 g/mol. The third-order valence-corrected chi connectivity index (χ3v) is 2.78. The second-order valence-corrected chi connectivity index (χ2v) is 4.25. The van der Waals surface area contributed by atoms with Crippen LogP contribution in [0.3, 0.4) is 0 Å². The predicted molar refractivity (Wildman–Crippen MR) is 65.3 cm³/mol. The normalized spacial score (nSPS) is 12.5. The molecule has 88 valence electrons. The Balaban J connectivity index is 2.48. The predicted octanol–water partition coefficient (Wildman–Crippen LogP) is 1.73.